The first-order valence-electron chi connectivity index (χ1n) is 14.3. The molecule has 0 bridgehead atoms. The SMILES string of the molecule is Cc1nc(-c2c(C(C)C)cc(C(C)C)cc2C(C)C)nc(-c2c(C(C)C)cc(C(C)C)cc2C(C)C)n1. The van der Waals surface area contributed by atoms with E-state index >= 15 is 0 Å². The fraction of sp³-hybridized carbons (Fsp3) is 0.559. The third-order valence-corrected chi connectivity index (χ3v) is 7.46. The van der Waals surface area contributed by atoms with Crippen molar-refractivity contribution in [3.8, 4) is 22.8 Å². The average molecular weight is 500 g/mol. The predicted octanol–water partition coefficient (Wildman–Crippen LogP) is 10.3. The Morgan fingerprint density at radius 1 is 0.405 bits per heavy atom. The molecule has 3 rings (SSSR count). The molecule has 3 aromatic rings. The van der Waals surface area contributed by atoms with Gasteiger partial charge in [0.05, 0.1) is 0 Å². The van der Waals surface area contributed by atoms with E-state index in [2.05, 4.69) is 107 Å². The summed E-state index contributed by atoms with van der Waals surface area (Å²) in [5.74, 6) is 4.82. The Kier molecular flexibility index (Phi) is 8.98. The van der Waals surface area contributed by atoms with Crippen molar-refractivity contribution in [3.05, 3.63) is 63.5 Å². The number of benzene rings is 2. The Morgan fingerprint density at radius 3 is 0.892 bits per heavy atom. The second-order valence-electron chi connectivity index (χ2n) is 12.6. The van der Waals surface area contributed by atoms with E-state index in [1.165, 1.54) is 44.5 Å². The van der Waals surface area contributed by atoms with Crippen LogP contribution < -0.4 is 0 Å². The van der Waals surface area contributed by atoms with Gasteiger partial charge in [0, 0.05) is 11.1 Å². The molecule has 200 valence electrons. The van der Waals surface area contributed by atoms with Gasteiger partial charge in [-0.3, -0.25) is 0 Å². The van der Waals surface area contributed by atoms with E-state index in [9.17, 15) is 0 Å². The van der Waals surface area contributed by atoms with Crippen LogP contribution in [0.2, 0.25) is 0 Å². The van der Waals surface area contributed by atoms with Gasteiger partial charge in [-0.05, 0) is 75.8 Å². The highest BCUT2D eigenvalue weighted by Crippen LogP contribution is 2.40. The molecule has 0 N–H and O–H groups in total. The van der Waals surface area contributed by atoms with Crippen molar-refractivity contribution in [1.82, 2.24) is 15.0 Å². The van der Waals surface area contributed by atoms with Crippen LogP contribution in [0.3, 0.4) is 0 Å². The summed E-state index contributed by atoms with van der Waals surface area (Å²) in [6.07, 6.45) is 0. The molecule has 1 aromatic heterocycles. The third kappa shape index (κ3) is 6.13. The largest absolute Gasteiger partial charge is 0.213 e. The monoisotopic (exact) mass is 499 g/mol. The van der Waals surface area contributed by atoms with Crippen LogP contribution in [0.25, 0.3) is 22.8 Å². The smallest absolute Gasteiger partial charge is 0.164 e. The fourth-order valence-corrected chi connectivity index (χ4v) is 5.13. The highest BCUT2D eigenvalue weighted by Gasteiger charge is 2.24. The molecule has 3 heteroatoms. The summed E-state index contributed by atoms with van der Waals surface area (Å²) < 4.78 is 0. The molecule has 0 aliphatic rings. The minimum Gasteiger partial charge on any atom is -0.213 e. The van der Waals surface area contributed by atoms with Gasteiger partial charge >= 0.3 is 0 Å². The molecule has 0 radical (unpaired) electrons. The standard InChI is InChI=1S/C34H49N3/c1-18(2)25-14-27(20(5)6)31(28(15-25)21(7)8)33-35-24(13)36-34(37-33)32-29(22(9)10)16-26(19(3)4)17-30(32)23(11)12/h14-23H,1-13H3. The lowest BCUT2D eigenvalue weighted by molar-refractivity contribution is 0.799. The van der Waals surface area contributed by atoms with Crippen LogP contribution in [0.15, 0.2) is 24.3 Å². The van der Waals surface area contributed by atoms with Crippen LogP contribution in [0, 0.1) is 6.92 Å². The van der Waals surface area contributed by atoms with Gasteiger partial charge in [-0.1, -0.05) is 107 Å². The van der Waals surface area contributed by atoms with Crippen LogP contribution >= 0.6 is 0 Å². The van der Waals surface area contributed by atoms with E-state index in [0.717, 1.165) is 17.5 Å². The molecule has 37 heavy (non-hydrogen) atoms. The summed E-state index contributed by atoms with van der Waals surface area (Å²) in [5.41, 5.74) is 10.5. The molecule has 3 nitrogen and oxygen atoms in total. The number of aryl methyl sites for hydroxylation is 1. The predicted molar refractivity (Wildman–Crippen MR) is 160 cm³/mol. The van der Waals surface area contributed by atoms with E-state index < -0.39 is 0 Å². The Balaban J connectivity index is 2.42. The Hall–Kier alpha value is -2.55. The molecule has 0 unspecified atom stereocenters. The van der Waals surface area contributed by atoms with Crippen molar-refractivity contribution < 1.29 is 0 Å². The Bertz CT molecular complexity index is 1090. The zero-order valence-electron chi connectivity index (χ0n) is 25.6. The summed E-state index contributed by atoms with van der Waals surface area (Å²) in [5, 5.41) is 0. The minimum atomic E-state index is 0.370. The van der Waals surface area contributed by atoms with Gasteiger partial charge in [-0.25, -0.2) is 15.0 Å². The van der Waals surface area contributed by atoms with Gasteiger partial charge in [0.2, 0.25) is 0 Å². The number of rotatable bonds is 8. The fourth-order valence-electron chi connectivity index (χ4n) is 5.13. The number of nitrogens with zero attached hydrogens (tertiary/aromatic N) is 3. The molecule has 0 saturated carbocycles. The first-order chi connectivity index (χ1) is 17.2. The lowest BCUT2D eigenvalue weighted by atomic mass is 9.83. The quantitative estimate of drug-likeness (QED) is 0.309. The van der Waals surface area contributed by atoms with Gasteiger partial charge in [0.25, 0.3) is 0 Å². The summed E-state index contributed by atoms with van der Waals surface area (Å²) >= 11 is 0. The third-order valence-electron chi connectivity index (χ3n) is 7.46. The molecule has 0 fully saturated rings. The van der Waals surface area contributed by atoms with Gasteiger partial charge in [0.1, 0.15) is 5.82 Å². The molecule has 1 heterocycles. The van der Waals surface area contributed by atoms with E-state index in [1.807, 2.05) is 6.92 Å². The molecule has 0 aliphatic heterocycles. The topological polar surface area (TPSA) is 38.7 Å². The molecular weight excluding hydrogens is 450 g/mol. The zero-order chi connectivity index (χ0) is 27.8. The van der Waals surface area contributed by atoms with Crippen LogP contribution in [0.4, 0.5) is 0 Å². The van der Waals surface area contributed by atoms with E-state index in [-0.39, 0.29) is 0 Å². The van der Waals surface area contributed by atoms with E-state index in [0.29, 0.717) is 35.5 Å². The molecule has 2 aromatic carbocycles. The molecule has 0 saturated heterocycles. The van der Waals surface area contributed by atoms with E-state index in [1.54, 1.807) is 0 Å². The highest BCUT2D eigenvalue weighted by molar-refractivity contribution is 5.72. The number of aromatic nitrogens is 3. The van der Waals surface area contributed by atoms with E-state index in [4.69, 9.17) is 15.0 Å². The Morgan fingerprint density at radius 2 is 0.676 bits per heavy atom. The summed E-state index contributed by atoms with van der Waals surface area (Å²) in [7, 11) is 0. The second kappa shape index (κ2) is 11.5. The molecule has 0 atom stereocenters. The maximum atomic E-state index is 5.27. The first kappa shape index (κ1) is 29.0. The van der Waals surface area contributed by atoms with Crippen molar-refractivity contribution in [3.63, 3.8) is 0 Å². The Labute approximate surface area is 226 Å². The van der Waals surface area contributed by atoms with Crippen molar-refractivity contribution in [2.45, 2.75) is 126 Å². The molecular formula is C34H49N3. The van der Waals surface area contributed by atoms with Gasteiger partial charge in [-0.15, -0.1) is 0 Å². The second-order valence-corrected chi connectivity index (χ2v) is 12.6. The van der Waals surface area contributed by atoms with Crippen LogP contribution in [0.1, 0.15) is 158 Å². The van der Waals surface area contributed by atoms with Crippen molar-refractivity contribution in [2.75, 3.05) is 0 Å². The number of hydrogen-bond acceptors (Lipinski definition) is 3. The van der Waals surface area contributed by atoms with Crippen molar-refractivity contribution in [2.24, 2.45) is 0 Å². The zero-order valence-corrected chi connectivity index (χ0v) is 25.6. The summed E-state index contributed by atoms with van der Waals surface area (Å²) in [4.78, 5) is 15.2. The maximum Gasteiger partial charge on any atom is 0.164 e. The molecule has 0 amide bonds. The summed E-state index contributed by atoms with van der Waals surface area (Å²) in [6, 6.07) is 9.52. The van der Waals surface area contributed by atoms with Gasteiger partial charge in [-0.2, -0.15) is 0 Å². The summed E-state index contributed by atoms with van der Waals surface area (Å²) in [6.45, 7) is 29.3. The normalized spacial score (nSPS) is 12.3. The molecule has 0 aliphatic carbocycles. The first-order valence-corrected chi connectivity index (χ1v) is 14.3. The lowest BCUT2D eigenvalue weighted by Gasteiger charge is -2.24. The minimum absolute atomic E-state index is 0.370. The highest BCUT2D eigenvalue weighted by atomic mass is 15.0. The lowest BCUT2D eigenvalue weighted by Crippen LogP contribution is -2.10. The molecule has 0 spiro atoms. The van der Waals surface area contributed by atoms with Crippen LogP contribution in [-0.4, -0.2) is 15.0 Å². The number of hydrogen-bond donors (Lipinski definition) is 0. The van der Waals surface area contributed by atoms with Crippen LogP contribution in [0.5, 0.6) is 0 Å². The van der Waals surface area contributed by atoms with Gasteiger partial charge < -0.3 is 0 Å². The van der Waals surface area contributed by atoms with Crippen molar-refractivity contribution in [1.29, 1.82) is 0 Å². The average Bonchev–Trinajstić information content (AvgIpc) is 2.81. The maximum absolute atomic E-state index is 5.27. The van der Waals surface area contributed by atoms with Crippen molar-refractivity contribution >= 4 is 0 Å². The van der Waals surface area contributed by atoms with Crippen LogP contribution in [-0.2, 0) is 0 Å². The van der Waals surface area contributed by atoms with Gasteiger partial charge in [0.15, 0.2) is 11.6 Å².